The molecule has 138 valence electrons. The fourth-order valence-corrected chi connectivity index (χ4v) is 3.10. The van der Waals surface area contributed by atoms with E-state index in [1.165, 1.54) is 0 Å². The van der Waals surface area contributed by atoms with Gasteiger partial charge in [-0.05, 0) is 29.8 Å². The summed E-state index contributed by atoms with van der Waals surface area (Å²) in [5.41, 5.74) is 2.92. The van der Waals surface area contributed by atoms with Crippen LogP contribution in [0.1, 0.15) is 11.1 Å². The first-order chi connectivity index (χ1) is 13.2. The van der Waals surface area contributed by atoms with Crippen LogP contribution in [0.3, 0.4) is 0 Å². The Morgan fingerprint density at radius 3 is 2.67 bits per heavy atom. The van der Waals surface area contributed by atoms with E-state index in [2.05, 4.69) is 10.2 Å². The first-order valence-electron chi connectivity index (χ1n) is 8.74. The van der Waals surface area contributed by atoms with Crippen molar-refractivity contribution in [2.45, 2.75) is 13.0 Å². The lowest BCUT2D eigenvalue weighted by Crippen LogP contribution is -2.33. The zero-order valence-electron chi connectivity index (χ0n) is 15.0. The molecule has 0 fully saturated rings. The second-order valence-electron chi connectivity index (χ2n) is 6.35. The number of methoxy groups -OCH3 is 1. The van der Waals surface area contributed by atoms with Gasteiger partial charge >= 0.3 is 0 Å². The minimum atomic E-state index is 0.0827. The maximum absolute atomic E-state index is 12.8. The molecule has 0 bridgehead atoms. The van der Waals surface area contributed by atoms with E-state index in [0.29, 0.717) is 26.1 Å². The van der Waals surface area contributed by atoms with Gasteiger partial charge in [0.2, 0.25) is 5.91 Å². The SMILES string of the molecule is COc1ccc2c(c1)OCCN(C(=O)Cc1ccc(-n3cnnc3)cc1)C2. The van der Waals surface area contributed by atoms with Gasteiger partial charge in [-0.1, -0.05) is 12.1 Å². The zero-order chi connectivity index (χ0) is 18.6. The van der Waals surface area contributed by atoms with Crippen molar-refractivity contribution in [1.29, 1.82) is 0 Å². The molecule has 0 radical (unpaired) electrons. The number of rotatable bonds is 4. The topological polar surface area (TPSA) is 69.5 Å². The van der Waals surface area contributed by atoms with Crippen molar-refractivity contribution in [3.05, 3.63) is 66.2 Å². The van der Waals surface area contributed by atoms with Gasteiger partial charge in [0, 0.05) is 23.9 Å². The molecule has 27 heavy (non-hydrogen) atoms. The Labute approximate surface area is 157 Å². The predicted molar refractivity (Wildman–Crippen MR) is 99.0 cm³/mol. The summed E-state index contributed by atoms with van der Waals surface area (Å²) in [4.78, 5) is 14.6. The van der Waals surface area contributed by atoms with Gasteiger partial charge in [-0.2, -0.15) is 0 Å². The number of ether oxygens (including phenoxy) is 2. The van der Waals surface area contributed by atoms with E-state index in [1.54, 1.807) is 19.8 Å². The van der Waals surface area contributed by atoms with E-state index in [4.69, 9.17) is 9.47 Å². The van der Waals surface area contributed by atoms with Gasteiger partial charge < -0.3 is 14.4 Å². The Hall–Kier alpha value is -3.35. The largest absolute Gasteiger partial charge is 0.497 e. The van der Waals surface area contributed by atoms with Gasteiger partial charge in [-0.25, -0.2) is 0 Å². The average Bonchev–Trinajstić information content (AvgIpc) is 3.15. The lowest BCUT2D eigenvalue weighted by molar-refractivity contribution is -0.131. The highest BCUT2D eigenvalue weighted by Crippen LogP contribution is 2.28. The minimum Gasteiger partial charge on any atom is -0.497 e. The van der Waals surface area contributed by atoms with E-state index in [0.717, 1.165) is 28.3 Å². The fraction of sp³-hybridized carbons (Fsp3) is 0.250. The molecule has 2 heterocycles. The van der Waals surface area contributed by atoms with Crippen molar-refractivity contribution in [3.63, 3.8) is 0 Å². The first-order valence-corrected chi connectivity index (χ1v) is 8.74. The summed E-state index contributed by atoms with van der Waals surface area (Å²) >= 11 is 0. The number of carbonyl (C=O) groups excluding carboxylic acids is 1. The quantitative estimate of drug-likeness (QED) is 0.710. The van der Waals surface area contributed by atoms with Crippen molar-refractivity contribution in [2.24, 2.45) is 0 Å². The molecule has 1 aromatic heterocycles. The maximum Gasteiger partial charge on any atom is 0.227 e. The maximum atomic E-state index is 12.8. The minimum absolute atomic E-state index is 0.0827. The van der Waals surface area contributed by atoms with Gasteiger partial charge in [-0.3, -0.25) is 9.36 Å². The van der Waals surface area contributed by atoms with Crippen molar-refractivity contribution in [1.82, 2.24) is 19.7 Å². The summed E-state index contributed by atoms with van der Waals surface area (Å²) in [5.74, 6) is 1.61. The van der Waals surface area contributed by atoms with Crippen molar-refractivity contribution in [2.75, 3.05) is 20.3 Å². The lowest BCUT2D eigenvalue weighted by Gasteiger charge is -2.20. The van der Waals surface area contributed by atoms with Crippen molar-refractivity contribution >= 4 is 5.91 Å². The van der Waals surface area contributed by atoms with Crippen LogP contribution in [0.25, 0.3) is 5.69 Å². The second kappa shape index (κ2) is 7.49. The van der Waals surface area contributed by atoms with Gasteiger partial charge in [0.15, 0.2) is 0 Å². The number of aromatic nitrogens is 3. The number of nitrogens with zero attached hydrogens (tertiary/aromatic N) is 4. The molecular formula is C20H20N4O3. The zero-order valence-corrected chi connectivity index (χ0v) is 15.0. The molecule has 0 atom stereocenters. The summed E-state index contributed by atoms with van der Waals surface area (Å²) in [5, 5.41) is 7.60. The monoisotopic (exact) mass is 364 g/mol. The van der Waals surface area contributed by atoms with Crippen LogP contribution in [-0.2, 0) is 17.8 Å². The van der Waals surface area contributed by atoms with Gasteiger partial charge in [-0.15, -0.1) is 10.2 Å². The molecule has 0 unspecified atom stereocenters. The molecule has 2 aromatic carbocycles. The number of fused-ring (bicyclic) bond motifs is 1. The average molecular weight is 364 g/mol. The molecule has 1 amide bonds. The molecule has 1 aliphatic heterocycles. The van der Waals surface area contributed by atoms with Crippen LogP contribution in [0.5, 0.6) is 11.5 Å². The van der Waals surface area contributed by atoms with E-state index in [-0.39, 0.29) is 5.91 Å². The molecular weight excluding hydrogens is 344 g/mol. The Morgan fingerprint density at radius 2 is 1.93 bits per heavy atom. The van der Waals surface area contributed by atoms with Crippen molar-refractivity contribution in [3.8, 4) is 17.2 Å². The van der Waals surface area contributed by atoms with Gasteiger partial charge in [0.25, 0.3) is 0 Å². The predicted octanol–water partition coefficient (Wildman–Crippen LogP) is 2.24. The highest BCUT2D eigenvalue weighted by atomic mass is 16.5. The molecule has 0 saturated carbocycles. The molecule has 7 heteroatoms. The van der Waals surface area contributed by atoms with E-state index >= 15 is 0 Å². The van der Waals surface area contributed by atoms with Crippen LogP contribution < -0.4 is 9.47 Å². The molecule has 3 aromatic rings. The number of benzene rings is 2. The van der Waals surface area contributed by atoms with Crippen LogP contribution in [-0.4, -0.2) is 45.8 Å². The number of amides is 1. The van der Waals surface area contributed by atoms with Crippen molar-refractivity contribution < 1.29 is 14.3 Å². The normalized spacial score (nSPS) is 13.4. The number of hydrogen-bond donors (Lipinski definition) is 0. The van der Waals surface area contributed by atoms with Crippen LogP contribution in [0.15, 0.2) is 55.1 Å². The standard InChI is InChI=1S/C20H20N4O3/c1-26-18-7-4-16-12-23(8-9-27-19(16)11-18)20(25)10-15-2-5-17(6-3-15)24-13-21-22-14-24/h2-7,11,13-14H,8-10,12H2,1H3. The Kier molecular flexibility index (Phi) is 4.74. The summed E-state index contributed by atoms with van der Waals surface area (Å²) in [6, 6.07) is 13.5. The third kappa shape index (κ3) is 3.76. The van der Waals surface area contributed by atoms with Crippen LogP contribution >= 0.6 is 0 Å². The van der Waals surface area contributed by atoms with E-state index in [9.17, 15) is 4.79 Å². The summed E-state index contributed by atoms with van der Waals surface area (Å²) in [7, 11) is 1.63. The third-order valence-electron chi connectivity index (χ3n) is 4.62. The van der Waals surface area contributed by atoms with Gasteiger partial charge in [0.05, 0.1) is 20.1 Å². The second-order valence-corrected chi connectivity index (χ2v) is 6.35. The third-order valence-corrected chi connectivity index (χ3v) is 4.62. The summed E-state index contributed by atoms with van der Waals surface area (Å²) < 4.78 is 12.9. The highest BCUT2D eigenvalue weighted by Gasteiger charge is 2.20. The molecule has 0 N–H and O–H groups in total. The van der Waals surface area contributed by atoms with Gasteiger partial charge in [0.1, 0.15) is 30.8 Å². The van der Waals surface area contributed by atoms with E-state index in [1.807, 2.05) is 51.9 Å². The fourth-order valence-electron chi connectivity index (χ4n) is 3.10. The number of carbonyl (C=O) groups is 1. The Bertz CT molecular complexity index is 923. The molecule has 1 aliphatic rings. The van der Waals surface area contributed by atoms with Crippen LogP contribution in [0, 0.1) is 0 Å². The molecule has 0 spiro atoms. The smallest absolute Gasteiger partial charge is 0.227 e. The Balaban J connectivity index is 1.44. The first kappa shape index (κ1) is 17.1. The lowest BCUT2D eigenvalue weighted by atomic mass is 10.1. The molecule has 7 nitrogen and oxygen atoms in total. The van der Waals surface area contributed by atoms with Crippen LogP contribution in [0.2, 0.25) is 0 Å². The molecule has 0 aliphatic carbocycles. The molecule has 0 saturated heterocycles. The summed E-state index contributed by atoms with van der Waals surface area (Å²) in [6.45, 7) is 1.57. The van der Waals surface area contributed by atoms with E-state index < -0.39 is 0 Å². The van der Waals surface area contributed by atoms with Crippen LogP contribution in [0.4, 0.5) is 0 Å². The summed E-state index contributed by atoms with van der Waals surface area (Å²) in [6.07, 6.45) is 3.64. The molecule has 4 rings (SSSR count). The Morgan fingerprint density at radius 1 is 1.15 bits per heavy atom. The highest BCUT2D eigenvalue weighted by molar-refractivity contribution is 5.79. The number of hydrogen-bond acceptors (Lipinski definition) is 5.